The summed E-state index contributed by atoms with van der Waals surface area (Å²) >= 11 is 1.70. The normalized spacial score (nSPS) is 12.4. The molecule has 1 aromatic carbocycles. The maximum atomic E-state index is 10.9. The monoisotopic (exact) mass is 290 g/mol. The second kappa shape index (κ2) is 6.05. The summed E-state index contributed by atoms with van der Waals surface area (Å²) in [6.07, 6.45) is 0. The Morgan fingerprint density at radius 1 is 1.30 bits per heavy atom. The van der Waals surface area contributed by atoms with Gasteiger partial charge >= 0.3 is 0 Å². The zero-order valence-electron chi connectivity index (χ0n) is 11.8. The molecule has 0 bridgehead atoms. The van der Waals surface area contributed by atoms with Crippen molar-refractivity contribution in [3.8, 4) is 0 Å². The number of nitro groups is 1. The summed E-state index contributed by atoms with van der Waals surface area (Å²) < 4.78 is 0. The van der Waals surface area contributed by atoms with Crippen LogP contribution in [0.25, 0.3) is 0 Å². The van der Waals surface area contributed by atoms with Gasteiger partial charge in [-0.05, 0) is 35.9 Å². The van der Waals surface area contributed by atoms with Crippen molar-refractivity contribution in [2.45, 2.75) is 26.8 Å². The SMILES string of the molecule is Cc1cc(NC(c2cccs2)C(C)C)cc([N+](=O)[O-])c1. The van der Waals surface area contributed by atoms with E-state index >= 15 is 0 Å². The van der Waals surface area contributed by atoms with Crippen LogP contribution in [0.15, 0.2) is 35.7 Å². The average Bonchev–Trinajstić information content (AvgIpc) is 2.88. The van der Waals surface area contributed by atoms with Gasteiger partial charge in [0, 0.05) is 22.7 Å². The quantitative estimate of drug-likeness (QED) is 0.637. The molecule has 4 nitrogen and oxygen atoms in total. The van der Waals surface area contributed by atoms with Gasteiger partial charge in [0.1, 0.15) is 0 Å². The molecule has 1 atom stereocenters. The van der Waals surface area contributed by atoms with Crippen molar-refractivity contribution in [3.05, 3.63) is 56.3 Å². The van der Waals surface area contributed by atoms with E-state index in [4.69, 9.17) is 0 Å². The number of hydrogen-bond acceptors (Lipinski definition) is 4. The lowest BCUT2D eigenvalue weighted by Crippen LogP contribution is -2.15. The van der Waals surface area contributed by atoms with Crippen LogP contribution in [-0.4, -0.2) is 4.92 Å². The Hall–Kier alpha value is -1.88. The lowest BCUT2D eigenvalue weighted by atomic mass is 10.0. The Morgan fingerprint density at radius 3 is 2.60 bits per heavy atom. The highest BCUT2D eigenvalue weighted by molar-refractivity contribution is 7.10. The summed E-state index contributed by atoms with van der Waals surface area (Å²) in [5, 5.41) is 16.4. The Kier molecular flexibility index (Phi) is 4.39. The topological polar surface area (TPSA) is 55.2 Å². The Morgan fingerprint density at radius 2 is 2.05 bits per heavy atom. The number of anilines is 1. The van der Waals surface area contributed by atoms with Gasteiger partial charge in [0.2, 0.25) is 0 Å². The molecule has 2 rings (SSSR count). The van der Waals surface area contributed by atoms with E-state index in [9.17, 15) is 10.1 Å². The van der Waals surface area contributed by atoms with Crippen LogP contribution >= 0.6 is 11.3 Å². The summed E-state index contributed by atoms with van der Waals surface area (Å²) in [5.74, 6) is 0.396. The predicted molar refractivity (Wildman–Crippen MR) is 83.4 cm³/mol. The molecule has 0 aliphatic rings. The predicted octanol–water partition coefficient (Wildman–Crippen LogP) is 4.77. The molecule has 20 heavy (non-hydrogen) atoms. The number of aryl methyl sites for hydroxylation is 1. The molecule has 0 amide bonds. The van der Waals surface area contributed by atoms with E-state index in [2.05, 4.69) is 25.2 Å². The molecule has 0 saturated carbocycles. The van der Waals surface area contributed by atoms with Crippen LogP contribution in [0.2, 0.25) is 0 Å². The van der Waals surface area contributed by atoms with Crippen molar-refractivity contribution in [3.63, 3.8) is 0 Å². The number of non-ortho nitro benzene ring substituents is 1. The fourth-order valence-electron chi connectivity index (χ4n) is 2.17. The van der Waals surface area contributed by atoms with Crippen LogP contribution in [0.1, 0.15) is 30.3 Å². The highest BCUT2D eigenvalue weighted by Crippen LogP contribution is 2.31. The molecule has 0 radical (unpaired) electrons. The largest absolute Gasteiger partial charge is 0.377 e. The van der Waals surface area contributed by atoms with Gasteiger partial charge in [-0.2, -0.15) is 0 Å². The van der Waals surface area contributed by atoms with Gasteiger partial charge < -0.3 is 5.32 Å². The lowest BCUT2D eigenvalue weighted by molar-refractivity contribution is -0.384. The minimum Gasteiger partial charge on any atom is -0.377 e. The first-order chi connectivity index (χ1) is 9.47. The summed E-state index contributed by atoms with van der Waals surface area (Å²) in [6, 6.07) is 9.39. The summed E-state index contributed by atoms with van der Waals surface area (Å²) in [6.45, 7) is 6.15. The number of nitrogens with zero attached hydrogens (tertiary/aromatic N) is 1. The molecule has 2 aromatic rings. The van der Waals surface area contributed by atoms with Gasteiger partial charge in [-0.1, -0.05) is 19.9 Å². The molecule has 106 valence electrons. The van der Waals surface area contributed by atoms with Crippen LogP contribution < -0.4 is 5.32 Å². The van der Waals surface area contributed by atoms with E-state index < -0.39 is 0 Å². The number of rotatable bonds is 5. The minimum absolute atomic E-state index is 0.126. The molecule has 0 aliphatic heterocycles. The zero-order valence-corrected chi connectivity index (χ0v) is 12.6. The second-order valence-electron chi connectivity index (χ2n) is 5.20. The molecular formula is C15H18N2O2S. The molecule has 1 heterocycles. The van der Waals surface area contributed by atoms with E-state index in [-0.39, 0.29) is 16.7 Å². The van der Waals surface area contributed by atoms with Gasteiger partial charge in [0.25, 0.3) is 5.69 Å². The lowest BCUT2D eigenvalue weighted by Gasteiger charge is -2.22. The fourth-order valence-corrected chi connectivity index (χ4v) is 3.11. The number of nitrogens with one attached hydrogen (secondary N) is 1. The maximum Gasteiger partial charge on any atom is 0.271 e. The van der Waals surface area contributed by atoms with Crippen LogP contribution in [0.3, 0.4) is 0 Å². The smallest absolute Gasteiger partial charge is 0.271 e. The number of benzene rings is 1. The first-order valence-corrected chi connectivity index (χ1v) is 7.41. The van der Waals surface area contributed by atoms with E-state index in [1.807, 2.05) is 24.4 Å². The van der Waals surface area contributed by atoms with Crippen molar-refractivity contribution in [2.24, 2.45) is 5.92 Å². The molecule has 5 heteroatoms. The highest BCUT2D eigenvalue weighted by Gasteiger charge is 2.18. The standard InChI is InChI=1S/C15H18N2O2S/c1-10(2)15(14-5-4-6-20-14)16-12-7-11(3)8-13(9-12)17(18)19/h4-10,15-16H,1-3H3. The number of hydrogen-bond donors (Lipinski definition) is 1. The minimum atomic E-state index is -0.353. The van der Waals surface area contributed by atoms with E-state index in [1.165, 1.54) is 4.88 Å². The van der Waals surface area contributed by atoms with Crippen LogP contribution in [0, 0.1) is 23.0 Å². The van der Waals surface area contributed by atoms with Crippen molar-refractivity contribution < 1.29 is 4.92 Å². The highest BCUT2D eigenvalue weighted by atomic mass is 32.1. The third kappa shape index (κ3) is 3.36. The molecule has 0 fully saturated rings. The second-order valence-corrected chi connectivity index (χ2v) is 6.18. The molecule has 0 spiro atoms. The zero-order chi connectivity index (χ0) is 14.7. The molecule has 1 aromatic heterocycles. The van der Waals surface area contributed by atoms with Gasteiger partial charge in [0.05, 0.1) is 11.0 Å². The summed E-state index contributed by atoms with van der Waals surface area (Å²) in [4.78, 5) is 11.8. The molecule has 0 aliphatic carbocycles. The van der Waals surface area contributed by atoms with E-state index in [0.717, 1.165) is 11.3 Å². The first-order valence-electron chi connectivity index (χ1n) is 6.53. The average molecular weight is 290 g/mol. The van der Waals surface area contributed by atoms with E-state index in [0.29, 0.717) is 5.92 Å². The Bertz CT molecular complexity index is 594. The molecule has 1 unspecified atom stereocenters. The van der Waals surface area contributed by atoms with Gasteiger partial charge in [-0.3, -0.25) is 10.1 Å². The third-order valence-electron chi connectivity index (χ3n) is 3.11. The molecular weight excluding hydrogens is 272 g/mol. The Labute approximate surface area is 122 Å². The van der Waals surface area contributed by atoms with Crippen molar-refractivity contribution in [1.29, 1.82) is 0 Å². The van der Waals surface area contributed by atoms with E-state index in [1.54, 1.807) is 23.5 Å². The van der Waals surface area contributed by atoms with Crippen LogP contribution in [0.4, 0.5) is 11.4 Å². The van der Waals surface area contributed by atoms with Crippen molar-refractivity contribution in [2.75, 3.05) is 5.32 Å². The summed E-state index contributed by atoms with van der Waals surface area (Å²) in [7, 11) is 0. The third-order valence-corrected chi connectivity index (χ3v) is 4.07. The first kappa shape index (κ1) is 14.5. The van der Waals surface area contributed by atoms with Crippen molar-refractivity contribution >= 4 is 22.7 Å². The van der Waals surface area contributed by atoms with Crippen LogP contribution in [-0.2, 0) is 0 Å². The summed E-state index contributed by atoms with van der Waals surface area (Å²) in [5.41, 5.74) is 1.81. The van der Waals surface area contributed by atoms with Gasteiger partial charge in [-0.25, -0.2) is 0 Å². The van der Waals surface area contributed by atoms with Gasteiger partial charge in [-0.15, -0.1) is 11.3 Å². The molecule has 1 N–H and O–H groups in total. The maximum absolute atomic E-state index is 10.9. The number of thiophene rings is 1. The van der Waals surface area contributed by atoms with Crippen molar-refractivity contribution in [1.82, 2.24) is 0 Å². The van der Waals surface area contributed by atoms with Gasteiger partial charge in [0.15, 0.2) is 0 Å². The number of nitro benzene ring substituents is 1. The molecule has 0 saturated heterocycles. The Balaban J connectivity index is 2.29. The van der Waals surface area contributed by atoms with Crippen LogP contribution in [0.5, 0.6) is 0 Å². The fraction of sp³-hybridized carbons (Fsp3) is 0.333.